The molecule has 0 aromatic heterocycles. The van der Waals surface area contributed by atoms with Crippen molar-refractivity contribution in [3.8, 4) is 11.8 Å². The molecule has 1 aromatic carbocycles. The van der Waals surface area contributed by atoms with Crippen molar-refractivity contribution in [1.82, 2.24) is 4.31 Å². The number of β-amino-alcohol motifs (C(OH)–C–C–N with tert-alkyl or cyclic N) is 1. The number of benzene rings is 1. The first kappa shape index (κ1) is 15.9. The van der Waals surface area contributed by atoms with Crippen molar-refractivity contribution >= 4 is 10.0 Å². The average Bonchev–Trinajstić information content (AvgIpc) is 2.82. The molecule has 0 radical (unpaired) electrons. The molecule has 1 saturated heterocycles. The lowest BCUT2D eigenvalue weighted by atomic mass is 10.2. The summed E-state index contributed by atoms with van der Waals surface area (Å²) < 4.78 is 53.0. The molecular formula is C13H13F2NO4S. The fraction of sp³-hybridized carbons (Fsp3) is 0.385. The summed E-state index contributed by atoms with van der Waals surface area (Å²) in [7, 11) is -4.23. The van der Waals surface area contributed by atoms with E-state index in [1.54, 1.807) is 0 Å². The molecule has 0 bridgehead atoms. The third-order valence-corrected chi connectivity index (χ3v) is 4.98. The van der Waals surface area contributed by atoms with E-state index in [1.165, 1.54) is 0 Å². The minimum absolute atomic E-state index is 0.0488. The number of hydrogen-bond acceptors (Lipinski definition) is 4. The van der Waals surface area contributed by atoms with E-state index < -0.39 is 39.3 Å². The highest BCUT2D eigenvalue weighted by molar-refractivity contribution is 7.89. The molecule has 5 nitrogen and oxygen atoms in total. The van der Waals surface area contributed by atoms with E-state index in [1.807, 2.05) is 0 Å². The predicted octanol–water partition coefficient (Wildman–Crippen LogP) is 0.0639. The van der Waals surface area contributed by atoms with Gasteiger partial charge in [0.15, 0.2) is 0 Å². The summed E-state index contributed by atoms with van der Waals surface area (Å²) in [5.41, 5.74) is -0.358. The number of aliphatic hydroxyl groups is 2. The zero-order valence-electron chi connectivity index (χ0n) is 10.9. The number of nitrogens with zero attached hydrogens (tertiary/aromatic N) is 1. The van der Waals surface area contributed by atoms with Crippen molar-refractivity contribution in [1.29, 1.82) is 0 Å². The van der Waals surface area contributed by atoms with Crippen LogP contribution in [0.25, 0.3) is 0 Å². The highest BCUT2D eigenvalue weighted by Crippen LogP contribution is 2.27. The first-order valence-corrected chi connectivity index (χ1v) is 7.57. The molecule has 0 amide bonds. The van der Waals surface area contributed by atoms with Gasteiger partial charge in [0.2, 0.25) is 10.0 Å². The minimum Gasteiger partial charge on any atom is -0.392 e. The summed E-state index contributed by atoms with van der Waals surface area (Å²) in [4.78, 5) is -0.737. The third-order valence-electron chi connectivity index (χ3n) is 3.03. The SMILES string of the molecule is O=S(=O)(c1c(F)cc(F)cc1C#CCO)N1CCC(O)C1. The molecule has 1 aromatic rings. The van der Waals surface area contributed by atoms with Crippen molar-refractivity contribution < 1.29 is 27.4 Å². The molecule has 21 heavy (non-hydrogen) atoms. The van der Waals surface area contributed by atoms with Crippen molar-refractivity contribution in [3.05, 3.63) is 29.3 Å². The Morgan fingerprint density at radius 1 is 1.38 bits per heavy atom. The molecule has 2 rings (SSSR count). The van der Waals surface area contributed by atoms with Crippen molar-refractivity contribution in [3.63, 3.8) is 0 Å². The molecule has 1 aliphatic heterocycles. The van der Waals surface area contributed by atoms with Gasteiger partial charge in [-0.1, -0.05) is 11.8 Å². The van der Waals surface area contributed by atoms with Gasteiger partial charge < -0.3 is 10.2 Å². The van der Waals surface area contributed by atoms with E-state index in [2.05, 4.69) is 11.8 Å². The van der Waals surface area contributed by atoms with E-state index >= 15 is 0 Å². The van der Waals surface area contributed by atoms with E-state index in [0.717, 1.165) is 10.4 Å². The fourth-order valence-corrected chi connectivity index (χ4v) is 3.77. The Morgan fingerprint density at radius 3 is 2.67 bits per heavy atom. The Labute approximate surface area is 120 Å². The zero-order chi connectivity index (χ0) is 15.6. The summed E-state index contributed by atoms with van der Waals surface area (Å²) in [6, 6.07) is 1.26. The molecule has 1 atom stereocenters. The number of sulfonamides is 1. The lowest BCUT2D eigenvalue weighted by Gasteiger charge is -2.17. The van der Waals surface area contributed by atoms with Crippen molar-refractivity contribution in [2.24, 2.45) is 0 Å². The summed E-state index contributed by atoms with van der Waals surface area (Å²) in [5, 5.41) is 18.1. The number of hydrogen-bond donors (Lipinski definition) is 2. The van der Waals surface area contributed by atoms with Crippen LogP contribution in [0.1, 0.15) is 12.0 Å². The quantitative estimate of drug-likeness (QED) is 0.757. The standard InChI is InChI=1S/C13H13F2NO4S/c14-10-6-9(2-1-5-17)13(12(15)7-10)21(19,20)16-4-3-11(18)8-16/h6-7,11,17-18H,3-5,8H2. The number of aliphatic hydroxyl groups excluding tert-OH is 2. The molecule has 1 unspecified atom stereocenters. The monoisotopic (exact) mass is 317 g/mol. The molecule has 1 fully saturated rings. The first-order valence-electron chi connectivity index (χ1n) is 6.13. The Balaban J connectivity index is 2.56. The van der Waals surface area contributed by atoms with Gasteiger partial charge in [-0.2, -0.15) is 4.31 Å². The Bertz CT molecular complexity index is 709. The van der Waals surface area contributed by atoms with Crippen molar-refractivity contribution in [2.45, 2.75) is 17.4 Å². The highest BCUT2D eigenvalue weighted by Gasteiger charge is 2.35. The number of halogens is 2. The van der Waals surface area contributed by atoms with Gasteiger partial charge in [0, 0.05) is 19.2 Å². The molecule has 0 aliphatic carbocycles. The molecule has 0 spiro atoms. The van der Waals surface area contributed by atoms with Crippen LogP contribution in [0.3, 0.4) is 0 Å². The van der Waals surface area contributed by atoms with E-state index in [0.29, 0.717) is 6.07 Å². The molecule has 2 N–H and O–H groups in total. The van der Waals surface area contributed by atoms with Gasteiger partial charge in [-0.05, 0) is 12.5 Å². The third kappa shape index (κ3) is 3.22. The Morgan fingerprint density at radius 2 is 2.10 bits per heavy atom. The summed E-state index contributed by atoms with van der Waals surface area (Å²) in [6.45, 7) is -0.667. The van der Waals surface area contributed by atoms with E-state index in [4.69, 9.17) is 5.11 Å². The van der Waals surface area contributed by atoms with Gasteiger partial charge in [-0.25, -0.2) is 17.2 Å². The Kier molecular flexibility index (Phi) is 4.58. The topological polar surface area (TPSA) is 77.8 Å². The normalized spacial score (nSPS) is 19.3. The molecular weight excluding hydrogens is 304 g/mol. The van der Waals surface area contributed by atoms with Crippen LogP contribution in [-0.2, 0) is 10.0 Å². The molecule has 114 valence electrons. The van der Waals surface area contributed by atoms with Gasteiger partial charge in [-0.15, -0.1) is 0 Å². The van der Waals surface area contributed by atoms with Crippen LogP contribution in [0.15, 0.2) is 17.0 Å². The van der Waals surface area contributed by atoms with Crippen LogP contribution in [0.4, 0.5) is 8.78 Å². The van der Waals surface area contributed by atoms with Crippen LogP contribution in [0.5, 0.6) is 0 Å². The maximum Gasteiger partial charge on any atom is 0.247 e. The van der Waals surface area contributed by atoms with Crippen LogP contribution in [0, 0.1) is 23.5 Å². The summed E-state index contributed by atoms with van der Waals surface area (Å²) in [5.74, 6) is 2.19. The van der Waals surface area contributed by atoms with Crippen LogP contribution in [-0.4, -0.2) is 48.7 Å². The smallest absolute Gasteiger partial charge is 0.247 e. The van der Waals surface area contributed by atoms with Crippen molar-refractivity contribution in [2.75, 3.05) is 19.7 Å². The van der Waals surface area contributed by atoms with Gasteiger partial charge >= 0.3 is 0 Å². The second kappa shape index (κ2) is 6.07. The summed E-state index contributed by atoms with van der Waals surface area (Å²) in [6.07, 6.45) is -0.560. The molecule has 0 saturated carbocycles. The van der Waals surface area contributed by atoms with Gasteiger partial charge in [0.25, 0.3) is 0 Å². The van der Waals surface area contributed by atoms with E-state index in [-0.39, 0.29) is 25.1 Å². The lowest BCUT2D eigenvalue weighted by Crippen LogP contribution is -2.31. The van der Waals surface area contributed by atoms with Gasteiger partial charge in [0.1, 0.15) is 23.1 Å². The predicted molar refractivity (Wildman–Crippen MR) is 69.7 cm³/mol. The maximum absolute atomic E-state index is 13.9. The fourth-order valence-electron chi connectivity index (χ4n) is 2.11. The zero-order valence-corrected chi connectivity index (χ0v) is 11.7. The van der Waals surface area contributed by atoms with Crippen LogP contribution >= 0.6 is 0 Å². The minimum atomic E-state index is -4.23. The lowest BCUT2D eigenvalue weighted by molar-refractivity contribution is 0.189. The average molecular weight is 317 g/mol. The second-order valence-corrected chi connectivity index (χ2v) is 6.40. The Hall–Kier alpha value is -1.53. The summed E-state index contributed by atoms with van der Waals surface area (Å²) >= 11 is 0. The maximum atomic E-state index is 13.9. The number of rotatable bonds is 2. The van der Waals surface area contributed by atoms with Gasteiger partial charge in [0.05, 0.1) is 11.7 Å². The molecule has 1 heterocycles. The van der Waals surface area contributed by atoms with Gasteiger partial charge in [-0.3, -0.25) is 0 Å². The molecule has 1 aliphatic rings. The second-order valence-electron chi connectivity index (χ2n) is 4.53. The first-order chi connectivity index (χ1) is 9.86. The largest absolute Gasteiger partial charge is 0.392 e. The van der Waals surface area contributed by atoms with Crippen LogP contribution < -0.4 is 0 Å². The van der Waals surface area contributed by atoms with E-state index in [9.17, 15) is 22.3 Å². The molecule has 8 heteroatoms. The van der Waals surface area contributed by atoms with Crippen LogP contribution in [0.2, 0.25) is 0 Å². The highest BCUT2D eigenvalue weighted by atomic mass is 32.2.